The van der Waals surface area contributed by atoms with E-state index in [4.69, 9.17) is 17.2 Å². The largest absolute Gasteiger partial charge is 0.508 e. The van der Waals surface area contributed by atoms with Gasteiger partial charge in [0.15, 0.2) is 5.96 Å². The number of hydrogen-bond acceptors (Lipinski definition) is 8. The fourth-order valence-electron chi connectivity index (χ4n) is 3.76. The molecule has 0 heterocycles. The number of carbonyl (C=O) groups excluding carboxylic acids is 3. The summed E-state index contributed by atoms with van der Waals surface area (Å²) in [6.45, 7) is 1.64. The minimum Gasteiger partial charge on any atom is -0.508 e. The SMILES string of the molecule is CC(N)C(=O)NC(CCCN=C(N)N)C(=O)NC(Cc1ccc(O)cc1)C(=O)NC(Cc1ccc(O)cc1)C(=O)O. The summed E-state index contributed by atoms with van der Waals surface area (Å²) in [5.74, 6) is -3.50. The lowest BCUT2D eigenvalue weighted by atomic mass is 10.0. The van der Waals surface area contributed by atoms with Gasteiger partial charge in [0, 0.05) is 19.4 Å². The highest BCUT2D eigenvalue weighted by Gasteiger charge is 2.30. The van der Waals surface area contributed by atoms with Crippen LogP contribution in [0.2, 0.25) is 0 Å². The van der Waals surface area contributed by atoms with Gasteiger partial charge < -0.3 is 48.5 Å². The Labute approximate surface area is 237 Å². The monoisotopic (exact) mass is 571 g/mol. The third kappa shape index (κ3) is 11.4. The Morgan fingerprint density at radius 1 is 0.756 bits per heavy atom. The highest BCUT2D eigenvalue weighted by Crippen LogP contribution is 2.14. The van der Waals surface area contributed by atoms with E-state index >= 15 is 0 Å². The molecule has 0 saturated carbocycles. The number of benzene rings is 2. The van der Waals surface area contributed by atoms with Gasteiger partial charge in [-0.25, -0.2) is 4.79 Å². The Bertz CT molecular complexity index is 1210. The van der Waals surface area contributed by atoms with Crippen molar-refractivity contribution >= 4 is 29.7 Å². The van der Waals surface area contributed by atoms with E-state index in [1.54, 1.807) is 12.1 Å². The minimum atomic E-state index is -1.35. The highest BCUT2D eigenvalue weighted by molar-refractivity contribution is 5.94. The molecule has 0 bridgehead atoms. The van der Waals surface area contributed by atoms with Crippen LogP contribution in [-0.2, 0) is 32.0 Å². The van der Waals surface area contributed by atoms with E-state index in [1.807, 2.05) is 0 Å². The van der Waals surface area contributed by atoms with Crippen LogP contribution in [0.1, 0.15) is 30.9 Å². The smallest absolute Gasteiger partial charge is 0.326 e. The van der Waals surface area contributed by atoms with Crippen LogP contribution < -0.4 is 33.2 Å². The van der Waals surface area contributed by atoms with Gasteiger partial charge in [-0.2, -0.15) is 0 Å². The summed E-state index contributed by atoms with van der Waals surface area (Å²) in [5.41, 5.74) is 17.4. The average molecular weight is 572 g/mol. The first-order valence-corrected chi connectivity index (χ1v) is 12.9. The summed E-state index contributed by atoms with van der Waals surface area (Å²) in [6, 6.07) is 7.18. The summed E-state index contributed by atoms with van der Waals surface area (Å²) in [7, 11) is 0. The Morgan fingerprint density at radius 3 is 1.66 bits per heavy atom. The number of amides is 3. The number of nitrogens with two attached hydrogens (primary N) is 3. The number of aliphatic imine (C=N–C) groups is 1. The van der Waals surface area contributed by atoms with Crippen molar-refractivity contribution in [3.63, 3.8) is 0 Å². The van der Waals surface area contributed by atoms with Crippen molar-refractivity contribution in [2.24, 2.45) is 22.2 Å². The number of aliphatic carboxylic acids is 1. The molecule has 2 rings (SSSR count). The molecule has 2 aromatic carbocycles. The second kappa shape index (κ2) is 15.7. The molecule has 0 aliphatic rings. The van der Waals surface area contributed by atoms with Crippen molar-refractivity contribution in [1.82, 2.24) is 16.0 Å². The van der Waals surface area contributed by atoms with Crippen LogP contribution in [-0.4, -0.2) is 75.7 Å². The van der Waals surface area contributed by atoms with Crippen molar-refractivity contribution in [3.05, 3.63) is 59.7 Å². The molecule has 41 heavy (non-hydrogen) atoms. The van der Waals surface area contributed by atoms with E-state index in [2.05, 4.69) is 20.9 Å². The minimum absolute atomic E-state index is 0.00178. The Hall–Kier alpha value is -4.85. The average Bonchev–Trinajstić information content (AvgIpc) is 2.91. The zero-order chi connectivity index (χ0) is 30.5. The predicted octanol–water partition coefficient (Wildman–Crippen LogP) is -1.18. The number of nitrogens with one attached hydrogen (secondary N) is 3. The highest BCUT2D eigenvalue weighted by atomic mass is 16.4. The first-order chi connectivity index (χ1) is 19.3. The molecule has 14 nitrogen and oxygen atoms in total. The first kappa shape index (κ1) is 32.4. The predicted molar refractivity (Wildman–Crippen MR) is 151 cm³/mol. The molecule has 0 aliphatic carbocycles. The molecule has 4 unspecified atom stereocenters. The summed E-state index contributed by atoms with van der Waals surface area (Å²) >= 11 is 0. The molecule has 0 fully saturated rings. The van der Waals surface area contributed by atoms with Crippen molar-refractivity contribution in [3.8, 4) is 11.5 Å². The molecule has 222 valence electrons. The number of guanidine groups is 1. The van der Waals surface area contributed by atoms with Crippen LogP contribution in [0.25, 0.3) is 0 Å². The molecular weight excluding hydrogens is 534 g/mol. The maximum absolute atomic E-state index is 13.4. The molecule has 12 N–H and O–H groups in total. The molecule has 3 amide bonds. The van der Waals surface area contributed by atoms with Gasteiger partial charge in [0.1, 0.15) is 29.6 Å². The lowest BCUT2D eigenvalue weighted by Gasteiger charge is -2.25. The van der Waals surface area contributed by atoms with Crippen molar-refractivity contribution in [1.29, 1.82) is 0 Å². The van der Waals surface area contributed by atoms with Gasteiger partial charge in [0.05, 0.1) is 6.04 Å². The number of phenolic OH excluding ortho intramolecular Hbond substituents is 2. The van der Waals surface area contributed by atoms with E-state index in [1.165, 1.54) is 43.3 Å². The molecule has 4 atom stereocenters. The van der Waals surface area contributed by atoms with E-state index in [-0.39, 0.29) is 43.3 Å². The lowest BCUT2D eigenvalue weighted by Crippen LogP contribution is -2.57. The van der Waals surface area contributed by atoms with Gasteiger partial charge in [-0.15, -0.1) is 0 Å². The van der Waals surface area contributed by atoms with Crippen molar-refractivity contribution in [2.75, 3.05) is 6.54 Å². The van der Waals surface area contributed by atoms with Gasteiger partial charge in [0.2, 0.25) is 17.7 Å². The molecule has 2 aromatic rings. The second-order valence-electron chi connectivity index (χ2n) is 9.50. The maximum atomic E-state index is 13.4. The fourth-order valence-corrected chi connectivity index (χ4v) is 3.76. The van der Waals surface area contributed by atoms with Gasteiger partial charge in [-0.3, -0.25) is 19.4 Å². The summed E-state index contributed by atoms with van der Waals surface area (Å²) in [5, 5.41) is 36.5. The summed E-state index contributed by atoms with van der Waals surface area (Å²) < 4.78 is 0. The third-order valence-electron chi connectivity index (χ3n) is 5.99. The molecule has 0 radical (unpaired) electrons. The van der Waals surface area contributed by atoms with Crippen LogP contribution >= 0.6 is 0 Å². The lowest BCUT2D eigenvalue weighted by molar-refractivity contribution is -0.142. The van der Waals surface area contributed by atoms with E-state index in [9.17, 15) is 34.5 Å². The zero-order valence-electron chi connectivity index (χ0n) is 22.6. The third-order valence-corrected chi connectivity index (χ3v) is 5.99. The van der Waals surface area contributed by atoms with Crippen LogP contribution in [0, 0.1) is 0 Å². The first-order valence-electron chi connectivity index (χ1n) is 12.9. The standard InChI is InChI=1S/C27H37N7O7/c1-15(28)23(37)32-20(3-2-12-31-27(29)30)24(38)33-21(13-16-4-8-18(35)9-5-16)25(39)34-22(26(40)41)14-17-6-10-19(36)11-7-17/h4-11,15,20-22,35-36H,2-3,12-14,28H2,1H3,(H,32,37)(H,33,38)(H,34,39)(H,40,41)(H4,29,30,31). The van der Waals surface area contributed by atoms with Gasteiger partial charge in [-0.05, 0) is 55.2 Å². The van der Waals surface area contributed by atoms with Crippen LogP contribution in [0.5, 0.6) is 11.5 Å². The molecular formula is C27H37N7O7. The molecule has 0 aromatic heterocycles. The number of hydrogen-bond donors (Lipinski definition) is 9. The Balaban J connectivity index is 2.27. The number of rotatable bonds is 15. The van der Waals surface area contributed by atoms with E-state index in [0.29, 0.717) is 17.5 Å². The van der Waals surface area contributed by atoms with Gasteiger partial charge >= 0.3 is 5.97 Å². The topological polar surface area (TPSA) is 255 Å². The number of aromatic hydroxyl groups is 2. The van der Waals surface area contributed by atoms with Crippen LogP contribution in [0.3, 0.4) is 0 Å². The number of phenols is 2. The van der Waals surface area contributed by atoms with Gasteiger partial charge in [0.25, 0.3) is 0 Å². The number of carboxylic acid groups (broad SMARTS) is 1. The summed E-state index contributed by atoms with van der Waals surface area (Å²) in [4.78, 5) is 54.8. The van der Waals surface area contributed by atoms with E-state index < -0.39 is 47.9 Å². The maximum Gasteiger partial charge on any atom is 0.326 e. The Kier molecular flexibility index (Phi) is 12.4. The second-order valence-corrected chi connectivity index (χ2v) is 9.50. The quantitative estimate of drug-likeness (QED) is 0.0702. The van der Waals surface area contributed by atoms with Crippen molar-refractivity contribution < 1.29 is 34.5 Å². The van der Waals surface area contributed by atoms with Gasteiger partial charge in [-0.1, -0.05) is 24.3 Å². The van der Waals surface area contributed by atoms with Crippen LogP contribution in [0.15, 0.2) is 53.5 Å². The van der Waals surface area contributed by atoms with Crippen LogP contribution in [0.4, 0.5) is 0 Å². The summed E-state index contributed by atoms with van der Waals surface area (Å²) in [6.07, 6.45) is 0.301. The van der Waals surface area contributed by atoms with Crippen molar-refractivity contribution in [2.45, 2.75) is 56.8 Å². The zero-order valence-corrected chi connectivity index (χ0v) is 22.6. The molecule has 14 heteroatoms. The molecule has 0 saturated heterocycles. The normalized spacial score (nSPS) is 13.6. The molecule has 0 spiro atoms. The van der Waals surface area contributed by atoms with E-state index in [0.717, 1.165) is 0 Å². The number of carboxylic acids is 1. The number of carbonyl (C=O) groups is 4. The fraction of sp³-hybridized carbons (Fsp3) is 0.370. The number of nitrogens with zero attached hydrogens (tertiary/aromatic N) is 1. The Morgan fingerprint density at radius 2 is 1.20 bits per heavy atom. The molecule has 0 aliphatic heterocycles.